The number of carbonyl (C=O) groups excluding carboxylic acids is 3. The van der Waals surface area contributed by atoms with Crippen LogP contribution >= 0.6 is 23.2 Å². The monoisotopic (exact) mass is 521 g/mol. The van der Waals surface area contributed by atoms with Crippen LogP contribution < -0.4 is 10.2 Å². The molecule has 0 unspecified atom stereocenters. The SMILES string of the molecule is Cc1c(/C=C2\C(=O)NC(=O)N(c3ccc(F)cc3)C2=O)c2ccccc2n1Cc1ccc(Cl)cc1Cl. The first kappa shape index (κ1) is 23.8. The highest BCUT2D eigenvalue weighted by atomic mass is 35.5. The number of hydrogen-bond donors (Lipinski definition) is 1. The fraction of sp³-hybridized carbons (Fsp3) is 0.0741. The predicted molar refractivity (Wildman–Crippen MR) is 138 cm³/mol. The minimum Gasteiger partial charge on any atom is -0.340 e. The summed E-state index contributed by atoms with van der Waals surface area (Å²) in [6, 6.07) is 16.8. The first-order valence-corrected chi connectivity index (χ1v) is 11.7. The van der Waals surface area contributed by atoms with E-state index in [1.807, 2.05) is 41.8 Å². The van der Waals surface area contributed by atoms with Crippen molar-refractivity contribution >= 4 is 63.7 Å². The van der Waals surface area contributed by atoms with E-state index in [1.165, 1.54) is 18.2 Å². The molecule has 5 rings (SSSR count). The minimum atomic E-state index is -0.898. The van der Waals surface area contributed by atoms with Crippen LogP contribution in [0.15, 0.2) is 72.3 Å². The molecule has 0 spiro atoms. The molecule has 1 N–H and O–H groups in total. The molecule has 0 saturated carbocycles. The van der Waals surface area contributed by atoms with Crippen LogP contribution in [0.4, 0.5) is 14.9 Å². The van der Waals surface area contributed by atoms with Gasteiger partial charge in [-0.25, -0.2) is 14.1 Å². The van der Waals surface area contributed by atoms with Gasteiger partial charge in [0.05, 0.1) is 5.69 Å². The topological polar surface area (TPSA) is 71.4 Å². The summed E-state index contributed by atoms with van der Waals surface area (Å²) in [5, 5.41) is 4.07. The van der Waals surface area contributed by atoms with Crippen LogP contribution in [0.2, 0.25) is 10.0 Å². The second-order valence-electron chi connectivity index (χ2n) is 8.27. The van der Waals surface area contributed by atoms with Crippen molar-refractivity contribution in [3.63, 3.8) is 0 Å². The van der Waals surface area contributed by atoms with E-state index in [2.05, 4.69) is 5.32 Å². The number of aromatic nitrogens is 1. The minimum absolute atomic E-state index is 0.147. The number of anilines is 1. The maximum atomic E-state index is 13.4. The van der Waals surface area contributed by atoms with Crippen molar-refractivity contribution in [2.45, 2.75) is 13.5 Å². The molecule has 4 amide bonds. The molecular weight excluding hydrogens is 504 g/mol. The number of fused-ring (bicyclic) bond motifs is 1. The lowest BCUT2D eigenvalue weighted by molar-refractivity contribution is -0.122. The number of nitrogens with zero attached hydrogens (tertiary/aromatic N) is 2. The highest BCUT2D eigenvalue weighted by molar-refractivity contribution is 6.39. The molecule has 4 aromatic rings. The molecule has 6 nitrogen and oxygen atoms in total. The first-order valence-electron chi connectivity index (χ1n) is 10.9. The molecule has 1 saturated heterocycles. The maximum absolute atomic E-state index is 13.4. The van der Waals surface area contributed by atoms with Gasteiger partial charge in [0.25, 0.3) is 11.8 Å². The number of carbonyl (C=O) groups is 3. The third kappa shape index (κ3) is 4.17. The molecule has 3 aromatic carbocycles. The molecule has 0 bridgehead atoms. The summed E-state index contributed by atoms with van der Waals surface area (Å²) in [7, 11) is 0. The number of hydrogen-bond acceptors (Lipinski definition) is 3. The van der Waals surface area contributed by atoms with Crippen molar-refractivity contribution < 1.29 is 18.8 Å². The van der Waals surface area contributed by atoms with Crippen LogP contribution in [-0.2, 0) is 16.1 Å². The second-order valence-corrected chi connectivity index (χ2v) is 9.12. The molecule has 1 aromatic heterocycles. The van der Waals surface area contributed by atoms with Crippen LogP contribution in [-0.4, -0.2) is 22.4 Å². The molecule has 36 heavy (non-hydrogen) atoms. The fourth-order valence-corrected chi connectivity index (χ4v) is 4.76. The molecule has 2 heterocycles. The van der Waals surface area contributed by atoms with Crippen molar-refractivity contribution in [3.8, 4) is 0 Å². The van der Waals surface area contributed by atoms with Crippen molar-refractivity contribution in [1.82, 2.24) is 9.88 Å². The van der Waals surface area contributed by atoms with Gasteiger partial charge in [0.2, 0.25) is 0 Å². The van der Waals surface area contributed by atoms with Gasteiger partial charge in [-0.15, -0.1) is 0 Å². The Hall–Kier alpha value is -3.94. The van der Waals surface area contributed by atoms with E-state index in [4.69, 9.17) is 23.2 Å². The Morgan fingerprint density at radius 1 is 0.972 bits per heavy atom. The highest BCUT2D eigenvalue weighted by Gasteiger charge is 2.37. The number of urea groups is 1. The lowest BCUT2D eigenvalue weighted by atomic mass is 10.0. The Balaban J connectivity index is 1.61. The normalized spacial score (nSPS) is 15.2. The maximum Gasteiger partial charge on any atom is 0.335 e. The van der Waals surface area contributed by atoms with Gasteiger partial charge in [-0.05, 0) is 61.0 Å². The standard InChI is InChI=1S/C27H18Cl2FN3O3/c1-15-21(13-22-25(34)31-27(36)33(26(22)35)19-10-8-18(30)9-11-19)20-4-2-3-5-24(20)32(15)14-16-6-7-17(28)12-23(16)29/h2-13H,14H2,1H3,(H,31,34,36)/b22-13+. The van der Waals surface area contributed by atoms with Gasteiger partial charge in [-0.3, -0.25) is 14.9 Å². The zero-order valence-electron chi connectivity index (χ0n) is 18.9. The molecule has 0 atom stereocenters. The van der Waals surface area contributed by atoms with Gasteiger partial charge >= 0.3 is 6.03 Å². The summed E-state index contributed by atoms with van der Waals surface area (Å²) in [5.41, 5.74) is 3.11. The molecule has 0 aliphatic carbocycles. The molecule has 180 valence electrons. The summed E-state index contributed by atoms with van der Waals surface area (Å²) < 4.78 is 15.4. The number of halogens is 3. The summed E-state index contributed by atoms with van der Waals surface area (Å²) in [4.78, 5) is 39.3. The Morgan fingerprint density at radius 2 is 1.69 bits per heavy atom. The first-order chi connectivity index (χ1) is 17.2. The second kappa shape index (κ2) is 9.26. The van der Waals surface area contributed by atoms with Crippen molar-refractivity contribution in [2.75, 3.05) is 4.90 Å². The van der Waals surface area contributed by atoms with Gasteiger partial charge in [0, 0.05) is 38.8 Å². The number of para-hydroxylation sites is 1. The van der Waals surface area contributed by atoms with E-state index in [-0.39, 0.29) is 11.3 Å². The zero-order chi connectivity index (χ0) is 25.6. The van der Waals surface area contributed by atoms with E-state index < -0.39 is 23.7 Å². The summed E-state index contributed by atoms with van der Waals surface area (Å²) in [5.74, 6) is -2.12. The third-order valence-corrected chi connectivity index (χ3v) is 6.69. The van der Waals surface area contributed by atoms with E-state index >= 15 is 0 Å². The molecule has 1 fully saturated rings. The van der Waals surface area contributed by atoms with Crippen molar-refractivity contribution in [3.05, 3.63) is 105 Å². The molecule has 9 heteroatoms. The molecule has 1 aliphatic rings. The largest absolute Gasteiger partial charge is 0.340 e. The van der Waals surface area contributed by atoms with E-state index in [0.29, 0.717) is 22.2 Å². The number of benzene rings is 3. The lowest BCUT2D eigenvalue weighted by Gasteiger charge is -2.26. The average molecular weight is 522 g/mol. The predicted octanol–water partition coefficient (Wildman–Crippen LogP) is 6.11. The number of rotatable bonds is 4. The summed E-state index contributed by atoms with van der Waals surface area (Å²) in [6.45, 7) is 2.32. The van der Waals surface area contributed by atoms with E-state index in [9.17, 15) is 18.8 Å². The quantitative estimate of drug-likeness (QED) is 0.260. The Morgan fingerprint density at radius 3 is 2.42 bits per heavy atom. The van der Waals surface area contributed by atoms with Gasteiger partial charge in [-0.1, -0.05) is 47.5 Å². The van der Waals surface area contributed by atoms with E-state index in [1.54, 1.807) is 12.1 Å². The van der Waals surface area contributed by atoms with Gasteiger partial charge in [-0.2, -0.15) is 0 Å². The Labute approximate surface area is 215 Å². The lowest BCUT2D eigenvalue weighted by Crippen LogP contribution is -2.54. The number of nitrogens with one attached hydrogen (secondary N) is 1. The van der Waals surface area contributed by atoms with Crippen LogP contribution in [0.25, 0.3) is 17.0 Å². The zero-order valence-corrected chi connectivity index (χ0v) is 20.4. The molecule has 0 radical (unpaired) electrons. The summed E-state index contributed by atoms with van der Waals surface area (Å²) in [6.07, 6.45) is 1.48. The van der Waals surface area contributed by atoms with Gasteiger partial charge < -0.3 is 4.57 Å². The molecule has 1 aliphatic heterocycles. The smallest absolute Gasteiger partial charge is 0.335 e. The molecular formula is C27H18Cl2FN3O3. The van der Waals surface area contributed by atoms with Crippen LogP contribution in [0, 0.1) is 12.7 Å². The Kier molecular flexibility index (Phi) is 6.12. The van der Waals surface area contributed by atoms with E-state index in [0.717, 1.165) is 39.2 Å². The van der Waals surface area contributed by atoms with Crippen molar-refractivity contribution in [2.24, 2.45) is 0 Å². The number of barbiturate groups is 1. The Bertz CT molecular complexity index is 1590. The van der Waals surface area contributed by atoms with Crippen LogP contribution in [0.5, 0.6) is 0 Å². The number of amides is 4. The number of imide groups is 2. The van der Waals surface area contributed by atoms with Crippen LogP contribution in [0.1, 0.15) is 16.8 Å². The van der Waals surface area contributed by atoms with Crippen LogP contribution in [0.3, 0.4) is 0 Å². The van der Waals surface area contributed by atoms with Crippen molar-refractivity contribution in [1.29, 1.82) is 0 Å². The summed E-state index contributed by atoms with van der Waals surface area (Å²) >= 11 is 12.5. The fourth-order valence-electron chi connectivity index (χ4n) is 4.29. The third-order valence-electron chi connectivity index (χ3n) is 6.10. The average Bonchev–Trinajstić information content (AvgIpc) is 3.10. The highest BCUT2D eigenvalue weighted by Crippen LogP contribution is 2.32. The van der Waals surface area contributed by atoms with Gasteiger partial charge in [0.15, 0.2) is 0 Å². The van der Waals surface area contributed by atoms with Gasteiger partial charge in [0.1, 0.15) is 11.4 Å².